The van der Waals surface area contributed by atoms with Crippen LogP contribution in [-0.2, 0) is 9.53 Å². The number of hydrogen-bond donors (Lipinski definition) is 1. The molecule has 0 aliphatic rings. The number of rotatable bonds is 4. The summed E-state index contributed by atoms with van der Waals surface area (Å²) in [6.45, 7) is 9.06. The van der Waals surface area contributed by atoms with Crippen molar-refractivity contribution in [3.05, 3.63) is 24.0 Å². The number of carbonyl (C=O) groups excluding carboxylic acids is 2. The summed E-state index contributed by atoms with van der Waals surface area (Å²) in [5.74, 6) is -0.893. The maximum absolute atomic E-state index is 12.1. The molecule has 1 rings (SSSR count). The van der Waals surface area contributed by atoms with Crippen LogP contribution in [-0.4, -0.2) is 33.7 Å². The summed E-state index contributed by atoms with van der Waals surface area (Å²) in [6, 6.07) is 0.837. The molecule has 0 aliphatic heterocycles. The topological polar surface area (TPSA) is 81.2 Å². The standard InChI is InChI=1S/C14H21N3O3/c1-9(2)11(13(19)20-14(3,4)5)17-12(18)10-6-7-15-16-8-10/h6-9,11H,1-5H3,(H,17,18)/t11-/m0/s1. The quantitative estimate of drug-likeness (QED) is 0.846. The van der Waals surface area contributed by atoms with Crippen LogP contribution in [0.3, 0.4) is 0 Å². The van der Waals surface area contributed by atoms with Gasteiger partial charge in [-0.3, -0.25) is 4.79 Å². The van der Waals surface area contributed by atoms with Crippen LogP contribution in [0.2, 0.25) is 0 Å². The molecule has 6 heteroatoms. The molecule has 0 bridgehead atoms. The van der Waals surface area contributed by atoms with E-state index in [2.05, 4.69) is 15.5 Å². The number of nitrogens with one attached hydrogen (secondary N) is 1. The minimum Gasteiger partial charge on any atom is -0.458 e. The number of aromatic nitrogens is 2. The minimum atomic E-state index is -0.699. The predicted molar refractivity (Wildman–Crippen MR) is 74.0 cm³/mol. The van der Waals surface area contributed by atoms with E-state index >= 15 is 0 Å². The van der Waals surface area contributed by atoms with Crippen molar-refractivity contribution in [3.63, 3.8) is 0 Å². The fourth-order valence-corrected chi connectivity index (χ4v) is 1.51. The van der Waals surface area contributed by atoms with Crippen LogP contribution < -0.4 is 5.32 Å². The van der Waals surface area contributed by atoms with Crippen LogP contribution in [0.4, 0.5) is 0 Å². The smallest absolute Gasteiger partial charge is 0.329 e. The molecule has 1 aromatic rings. The SMILES string of the molecule is CC(C)[C@H](NC(=O)c1ccnnc1)C(=O)OC(C)(C)C. The zero-order valence-corrected chi connectivity index (χ0v) is 12.5. The van der Waals surface area contributed by atoms with Gasteiger partial charge in [0.05, 0.1) is 18.0 Å². The van der Waals surface area contributed by atoms with Crippen LogP contribution >= 0.6 is 0 Å². The van der Waals surface area contributed by atoms with Gasteiger partial charge in [0.15, 0.2) is 0 Å². The normalized spacial score (nSPS) is 12.9. The van der Waals surface area contributed by atoms with Gasteiger partial charge in [-0.15, -0.1) is 0 Å². The summed E-state index contributed by atoms with van der Waals surface area (Å²) in [5, 5.41) is 9.91. The zero-order chi connectivity index (χ0) is 15.3. The van der Waals surface area contributed by atoms with E-state index in [1.165, 1.54) is 18.5 Å². The summed E-state index contributed by atoms with van der Waals surface area (Å²) in [6.07, 6.45) is 2.77. The van der Waals surface area contributed by atoms with Gasteiger partial charge < -0.3 is 10.1 Å². The first-order valence-electron chi connectivity index (χ1n) is 6.51. The molecule has 0 saturated heterocycles. The molecule has 1 amide bonds. The maximum atomic E-state index is 12.1. The molecule has 0 radical (unpaired) electrons. The summed E-state index contributed by atoms with van der Waals surface area (Å²) in [7, 11) is 0. The van der Waals surface area contributed by atoms with E-state index in [9.17, 15) is 9.59 Å². The van der Waals surface area contributed by atoms with Gasteiger partial charge in [-0.25, -0.2) is 4.79 Å². The van der Waals surface area contributed by atoms with Gasteiger partial charge in [0.25, 0.3) is 5.91 Å². The van der Waals surface area contributed by atoms with Crippen LogP contribution in [0.15, 0.2) is 18.5 Å². The second-order valence-electron chi connectivity index (χ2n) is 5.86. The van der Waals surface area contributed by atoms with Gasteiger partial charge in [-0.1, -0.05) is 13.8 Å². The number of amides is 1. The fourth-order valence-electron chi connectivity index (χ4n) is 1.51. The highest BCUT2D eigenvalue weighted by molar-refractivity contribution is 5.96. The average Bonchev–Trinajstić information content (AvgIpc) is 2.34. The van der Waals surface area contributed by atoms with Crippen molar-refractivity contribution in [3.8, 4) is 0 Å². The Morgan fingerprint density at radius 3 is 2.35 bits per heavy atom. The Morgan fingerprint density at radius 2 is 1.90 bits per heavy atom. The highest BCUT2D eigenvalue weighted by atomic mass is 16.6. The van der Waals surface area contributed by atoms with Crippen molar-refractivity contribution in [2.75, 3.05) is 0 Å². The highest BCUT2D eigenvalue weighted by Gasteiger charge is 2.29. The molecule has 110 valence electrons. The monoisotopic (exact) mass is 279 g/mol. The van der Waals surface area contributed by atoms with Crippen molar-refractivity contribution in [1.29, 1.82) is 0 Å². The number of nitrogens with zero attached hydrogens (tertiary/aromatic N) is 2. The van der Waals surface area contributed by atoms with Gasteiger partial charge in [-0.05, 0) is 32.8 Å². The lowest BCUT2D eigenvalue weighted by molar-refractivity contribution is -0.158. The van der Waals surface area contributed by atoms with E-state index < -0.39 is 17.6 Å². The molecule has 1 atom stereocenters. The zero-order valence-electron chi connectivity index (χ0n) is 12.5. The lowest BCUT2D eigenvalue weighted by atomic mass is 10.0. The Bertz CT molecular complexity index is 466. The summed E-state index contributed by atoms with van der Waals surface area (Å²) in [4.78, 5) is 24.1. The molecule has 0 spiro atoms. The molecule has 6 nitrogen and oxygen atoms in total. The van der Waals surface area contributed by atoms with Crippen molar-refractivity contribution in [2.24, 2.45) is 5.92 Å². The fraction of sp³-hybridized carbons (Fsp3) is 0.571. The molecule has 0 unspecified atom stereocenters. The summed E-state index contributed by atoms with van der Waals surface area (Å²) in [5.41, 5.74) is -0.234. The molecule has 1 N–H and O–H groups in total. The molecule has 0 fully saturated rings. The van der Waals surface area contributed by atoms with Crippen molar-refractivity contribution >= 4 is 11.9 Å². The molecular weight excluding hydrogens is 258 g/mol. The van der Waals surface area contributed by atoms with Crippen molar-refractivity contribution in [1.82, 2.24) is 15.5 Å². The van der Waals surface area contributed by atoms with E-state index in [1.807, 2.05) is 13.8 Å². The van der Waals surface area contributed by atoms with Crippen molar-refractivity contribution < 1.29 is 14.3 Å². The van der Waals surface area contributed by atoms with E-state index in [-0.39, 0.29) is 11.8 Å². The predicted octanol–water partition coefficient (Wildman–Crippen LogP) is 1.57. The van der Waals surface area contributed by atoms with Crippen LogP contribution in [0, 0.1) is 5.92 Å². The molecule has 20 heavy (non-hydrogen) atoms. The van der Waals surface area contributed by atoms with Gasteiger partial charge in [0, 0.05) is 0 Å². The van der Waals surface area contributed by atoms with Gasteiger partial charge in [0.1, 0.15) is 11.6 Å². The third kappa shape index (κ3) is 4.95. The molecular formula is C14H21N3O3. The number of hydrogen-bond acceptors (Lipinski definition) is 5. The van der Waals surface area contributed by atoms with E-state index in [0.717, 1.165) is 0 Å². The Morgan fingerprint density at radius 1 is 1.25 bits per heavy atom. The maximum Gasteiger partial charge on any atom is 0.329 e. The first kappa shape index (κ1) is 16.1. The second kappa shape index (κ2) is 6.45. The lowest BCUT2D eigenvalue weighted by Crippen LogP contribution is -2.47. The first-order chi connectivity index (χ1) is 9.20. The third-order valence-electron chi connectivity index (χ3n) is 2.46. The molecule has 1 aromatic heterocycles. The molecule has 1 heterocycles. The molecule has 0 saturated carbocycles. The number of ether oxygens (including phenoxy) is 1. The Balaban J connectivity index is 2.78. The van der Waals surface area contributed by atoms with Crippen LogP contribution in [0.1, 0.15) is 45.0 Å². The van der Waals surface area contributed by atoms with Crippen LogP contribution in [0.25, 0.3) is 0 Å². The minimum absolute atomic E-state index is 0.0800. The first-order valence-corrected chi connectivity index (χ1v) is 6.51. The van der Waals surface area contributed by atoms with E-state index in [4.69, 9.17) is 4.74 Å². The highest BCUT2D eigenvalue weighted by Crippen LogP contribution is 2.12. The third-order valence-corrected chi connectivity index (χ3v) is 2.46. The average molecular weight is 279 g/mol. The summed E-state index contributed by atoms with van der Waals surface area (Å²) < 4.78 is 5.32. The number of carbonyl (C=O) groups is 2. The Hall–Kier alpha value is -1.98. The van der Waals surface area contributed by atoms with E-state index in [1.54, 1.807) is 20.8 Å². The van der Waals surface area contributed by atoms with E-state index in [0.29, 0.717) is 5.56 Å². The van der Waals surface area contributed by atoms with Crippen molar-refractivity contribution in [2.45, 2.75) is 46.3 Å². The van der Waals surface area contributed by atoms with Crippen LogP contribution in [0.5, 0.6) is 0 Å². The van der Waals surface area contributed by atoms with Gasteiger partial charge in [-0.2, -0.15) is 10.2 Å². The largest absolute Gasteiger partial charge is 0.458 e. The number of esters is 1. The Labute approximate surface area is 118 Å². The second-order valence-corrected chi connectivity index (χ2v) is 5.86. The lowest BCUT2D eigenvalue weighted by Gasteiger charge is -2.26. The Kier molecular flexibility index (Phi) is 5.19. The van der Waals surface area contributed by atoms with Gasteiger partial charge >= 0.3 is 5.97 Å². The van der Waals surface area contributed by atoms with Gasteiger partial charge in [0.2, 0.25) is 0 Å². The summed E-state index contributed by atoms with van der Waals surface area (Å²) >= 11 is 0. The molecule has 0 aliphatic carbocycles. The molecule has 0 aromatic carbocycles.